The van der Waals surface area contributed by atoms with Crippen molar-refractivity contribution in [1.82, 2.24) is 15.0 Å². The van der Waals surface area contributed by atoms with Gasteiger partial charge in [-0.2, -0.15) is 0 Å². The van der Waals surface area contributed by atoms with Gasteiger partial charge in [0.2, 0.25) is 0 Å². The Morgan fingerprint density at radius 2 is 1.95 bits per heavy atom. The van der Waals surface area contributed by atoms with Crippen molar-refractivity contribution in [2.24, 2.45) is 0 Å². The minimum atomic E-state index is 0.467. The molecule has 0 radical (unpaired) electrons. The van der Waals surface area contributed by atoms with E-state index in [2.05, 4.69) is 15.0 Å². The normalized spacial score (nSPS) is 10.8. The van der Waals surface area contributed by atoms with Gasteiger partial charge in [0, 0.05) is 22.8 Å². The number of fused-ring (bicyclic) bond motifs is 1. The van der Waals surface area contributed by atoms with E-state index in [1.807, 2.05) is 37.3 Å². The zero-order chi connectivity index (χ0) is 13.2. The summed E-state index contributed by atoms with van der Waals surface area (Å²) in [6, 6.07) is 11.7. The average molecular weight is 270 g/mol. The van der Waals surface area contributed by atoms with Crippen LogP contribution in [0.4, 0.5) is 0 Å². The van der Waals surface area contributed by atoms with Crippen molar-refractivity contribution in [2.45, 2.75) is 13.3 Å². The third-order valence-corrected chi connectivity index (χ3v) is 3.18. The molecule has 2 heterocycles. The first-order valence-corrected chi connectivity index (χ1v) is 6.53. The molecule has 0 spiro atoms. The summed E-state index contributed by atoms with van der Waals surface area (Å²) in [5, 5.41) is 1.54. The van der Waals surface area contributed by atoms with Gasteiger partial charge >= 0.3 is 0 Å². The van der Waals surface area contributed by atoms with Crippen LogP contribution >= 0.6 is 11.6 Å². The molecule has 0 aliphatic rings. The van der Waals surface area contributed by atoms with Crippen LogP contribution in [0.5, 0.6) is 0 Å². The van der Waals surface area contributed by atoms with Crippen molar-refractivity contribution in [2.75, 3.05) is 0 Å². The predicted octanol–water partition coefficient (Wildman–Crippen LogP) is 3.91. The molecular weight excluding hydrogens is 258 g/mol. The van der Waals surface area contributed by atoms with E-state index in [0.717, 1.165) is 28.6 Å². The van der Waals surface area contributed by atoms with Gasteiger partial charge in [0.25, 0.3) is 0 Å². The SMILES string of the molecule is CCc1cc(Cl)nc(-c2cccc3cccnc23)n1. The molecule has 3 nitrogen and oxygen atoms in total. The molecule has 0 fully saturated rings. The number of rotatable bonds is 2. The molecule has 0 N–H and O–H groups in total. The summed E-state index contributed by atoms with van der Waals surface area (Å²) in [5.74, 6) is 0.633. The monoisotopic (exact) mass is 269 g/mol. The van der Waals surface area contributed by atoms with Crippen LogP contribution in [-0.2, 0) is 6.42 Å². The van der Waals surface area contributed by atoms with Crippen molar-refractivity contribution in [3.63, 3.8) is 0 Å². The number of hydrogen-bond acceptors (Lipinski definition) is 3. The first kappa shape index (κ1) is 12.1. The number of nitrogens with zero attached hydrogens (tertiary/aromatic N) is 3. The number of aromatic nitrogens is 3. The maximum atomic E-state index is 6.06. The van der Waals surface area contributed by atoms with Gasteiger partial charge < -0.3 is 0 Å². The maximum absolute atomic E-state index is 6.06. The highest BCUT2D eigenvalue weighted by molar-refractivity contribution is 6.29. The highest BCUT2D eigenvalue weighted by Gasteiger charge is 2.09. The summed E-state index contributed by atoms with van der Waals surface area (Å²) in [4.78, 5) is 13.3. The Labute approximate surface area is 116 Å². The van der Waals surface area contributed by atoms with Crippen LogP contribution in [0.2, 0.25) is 5.15 Å². The van der Waals surface area contributed by atoms with E-state index >= 15 is 0 Å². The quantitative estimate of drug-likeness (QED) is 0.662. The zero-order valence-corrected chi connectivity index (χ0v) is 11.2. The molecular formula is C15H12ClN3. The van der Waals surface area contributed by atoms with E-state index in [-0.39, 0.29) is 0 Å². The molecule has 0 amide bonds. The van der Waals surface area contributed by atoms with Crippen LogP contribution in [-0.4, -0.2) is 15.0 Å². The third kappa shape index (κ3) is 2.29. The lowest BCUT2D eigenvalue weighted by Crippen LogP contribution is -1.96. The van der Waals surface area contributed by atoms with Crippen LogP contribution in [0.1, 0.15) is 12.6 Å². The molecule has 0 bridgehead atoms. The van der Waals surface area contributed by atoms with Crippen molar-refractivity contribution in [3.8, 4) is 11.4 Å². The number of aryl methyl sites for hydroxylation is 1. The fourth-order valence-corrected chi connectivity index (χ4v) is 2.26. The Morgan fingerprint density at radius 3 is 2.79 bits per heavy atom. The maximum Gasteiger partial charge on any atom is 0.163 e. The molecule has 0 saturated carbocycles. The van der Waals surface area contributed by atoms with Crippen LogP contribution < -0.4 is 0 Å². The number of para-hydroxylation sites is 1. The standard InChI is InChI=1S/C15H12ClN3/c1-2-11-9-13(16)19-15(18-11)12-7-3-5-10-6-4-8-17-14(10)12/h3-9H,2H2,1H3. The van der Waals surface area contributed by atoms with Crippen molar-refractivity contribution in [1.29, 1.82) is 0 Å². The summed E-state index contributed by atoms with van der Waals surface area (Å²) >= 11 is 6.06. The van der Waals surface area contributed by atoms with Crippen molar-refractivity contribution in [3.05, 3.63) is 53.4 Å². The fourth-order valence-electron chi connectivity index (χ4n) is 2.05. The Morgan fingerprint density at radius 1 is 1.11 bits per heavy atom. The lowest BCUT2D eigenvalue weighted by molar-refractivity contribution is 1.01. The number of benzene rings is 1. The van der Waals surface area contributed by atoms with Gasteiger partial charge in [-0.1, -0.05) is 36.7 Å². The second kappa shape index (κ2) is 4.94. The molecule has 0 unspecified atom stereocenters. The Balaban J connectivity index is 2.27. The molecule has 1 aromatic carbocycles. The lowest BCUT2D eigenvalue weighted by atomic mass is 10.1. The van der Waals surface area contributed by atoms with Gasteiger partial charge in [0.05, 0.1) is 5.52 Å². The molecule has 19 heavy (non-hydrogen) atoms. The highest BCUT2D eigenvalue weighted by Crippen LogP contribution is 2.25. The van der Waals surface area contributed by atoms with Gasteiger partial charge in [-0.3, -0.25) is 4.98 Å². The minimum Gasteiger partial charge on any atom is -0.255 e. The topological polar surface area (TPSA) is 38.7 Å². The van der Waals surface area contributed by atoms with Gasteiger partial charge in [-0.15, -0.1) is 0 Å². The number of hydrogen-bond donors (Lipinski definition) is 0. The molecule has 0 aliphatic heterocycles. The third-order valence-electron chi connectivity index (χ3n) is 2.98. The lowest BCUT2D eigenvalue weighted by Gasteiger charge is -2.06. The second-order valence-electron chi connectivity index (χ2n) is 4.24. The van der Waals surface area contributed by atoms with Gasteiger partial charge in [-0.05, 0) is 24.6 Å². The molecule has 4 heteroatoms. The fraction of sp³-hybridized carbons (Fsp3) is 0.133. The average Bonchev–Trinajstić information content (AvgIpc) is 2.46. The molecule has 3 rings (SSSR count). The summed E-state index contributed by atoms with van der Waals surface area (Å²) in [5.41, 5.74) is 2.74. The predicted molar refractivity (Wildman–Crippen MR) is 77.2 cm³/mol. The summed E-state index contributed by atoms with van der Waals surface area (Å²) < 4.78 is 0. The van der Waals surface area contributed by atoms with E-state index in [4.69, 9.17) is 11.6 Å². The van der Waals surface area contributed by atoms with E-state index < -0.39 is 0 Å². The molecule has 94 valence electrons. The Kier molecular flexibility index (Phi) is 3.13. The smallest absolute Gasteiger partial charge is 0.163 e. The van der Waals surface area contributed by atoms with Gasteiger partial charge in [0.15, 0.2) is 5.82 Å². The first-order chi connectivity index (χ1) is 9.28. The molecule has 0 atom stereocenters. The Hall–Kier alpha value is -2.00. The first-order valence-electron chi connectivity index (χ1n) is 6.15. The van der Waals surface area contributed by atoms with Crippen molar-refractivity contribution < 1.29 is 0 Å². The minimum absolute atomic E-state index is 0.467. The van der Waals surface area contributed by atoms with Gasteiger partial charge in [0.1, 0.15) is 5.15 Å². The Bertz CT molecular complexity index is 735. The van der Waals surface area contributed by atoms with E-state index in [0.29, 0.717) is 11.0 Å². The zero-order valence-electron chi connectivity index (χ0n) is 10.5. The van der Waals surface area contributed by atoms with Gasteiger partial charge in [-0.25, -0.2) is 9.97 Å². The van der Waals surface area contributed by atoms with Crippen LogP contribution in [0.3, 0.4) is 0 Å². The van der Waals surface area contributed by atoms with E-state index in [9.17, 15) is 0 Å². The van der Waals surface area contributed by atoms with Crippen molar-refractivity contribution >= 4 is 22.5 Å². The largest absolute Gasteiger partial charge is 0.255 e. The van der Waals surface area contributed by atoms with Crippen LogP contribution in [0.25, 0.3) is 22.3 Å². The summed E-state index contributed by atoms with van der Waals surface area (Å²) in [7, 11) is 0. The van der Waals surface area contributed by atoms with Crippen LogP contribution in [0, 0.1) is 0 Å². The van der Waals surface area contributed by atoms with E-state index in [1.165, 1.54) is 0 Å². The van der Waals surface area contributed by atoms with E-state index in [1.54, 1.807) is 12.3 Å². The molecule has 2 aromatic heterocycles. The number of pyridine rings is 1. The number of halogens is 1. The summed E-state index contributed by atoms with van der Waals surface area (Å²) in [6.45, 7) is 2.05. The second-order valence-corrected chi connectivity index (χ2v) is 4.63. The summed E-state index contributed by atoms with van der Waals surface area (Å²) in [6.07, 6.45) is 2.60. The molecule has 0 saturated heterocycles. The van der Waals surface area contributed by atoms with Crippen LogP contribution in [0.15, 0.2) is 42.6 Å². The highest BCUT2D eigenvalue weighted by atomic mass is 35.5. The molecule has 0 aliphatic carbocycles. The molecule has 3 aromatic rings.